The molecular weight excluding hydrogens is 350 g/mol. The molecule has 27 heavy (non-hydrogen) atoms. The quantitative estimate of drug-likeness (QED) is 0.699. The number of amides is 1. The van der Waals surface area contributed by atoms with E-state index in [2.05, 4.69) is 10.3 Å². The number of ether oxygens (including phenoxy) is 2. The Hall–Kier alpha value is -3.29. The van der Waals surface area contributed by atoms with Crippen LogP contribution in [-0.4, -0.2) is 35.7 Å². The average Bonchev–Trinajstić information content (AvgIpc) is 3.40. The summed E-state index contributed by atoms with van der Waals surface area (Å²) in [5.41, 5.74) is 4.14. The second-order valence-electron chi connectivity index (χ2n) is 6.64. The van der Waals surface area contributed by atoms with Crippen LogP contribution in [0.15, 0.2) is 45.8 Å². The molecule has 3 heterocycles. The number of fused-ring (bicyclic) bond motifs is 3. The molecule has 2 aliphatic rings. The Balaban J connectivity index is 1.35. The first kappa shape index (κ1) is 15.9. The SMILES string of the molecule is O=C1OC(COc2ccon2)CN1c1ccc2c(c1)CCCc1cnoc1-2. The summed E-state index contributed by atoms with van der Waals surface area (Å²) in [4.78, 5) is 14.0. The summed E-state index contributed by atoms with van der Waals surface area (Å²) in [6.45, 7) is 0.643. The Morgan fingerprint density at radius 1 is 1.22 bits per heavy atom. The zero-order chi connectivity index (χ0) is 18.2. The van der Waals surface area contributed by atoms with Crippen molar-refractivity contribution in [1.29, 1.82) is 0 Å². The summed E-state index contributed by atoms with van der Waals surface area (Å²) < 4.78 is 21.1. The Bertz CT molecular complexity index is 966. The molecule has 1 fully saturated rings. The van der Waals surface area contributed by atoms with Gasteiger partial charge in [0.2, 0.25) is 0 Å². The molecule has 0 N–H and O–H groups in total. The molecule has 1 aromatic carbocycles. The van der Waals surface area contributed by atoms with Gasteiger partial charge in [-0.1, -0.05) is 5.16 Å². The van der Waals surface area contributed by atoms with Crippen LogP contribution in [0.3, 0.4) is 0 Å². The number of nitrogens with zero attached hydrogens (tertiary/aromatic N) is 3. The van der Waals surface area contributed by atoms with E-state index in [0.29, 0.717) is 12.4 Å². The number of cyclic esters (lactones) is 1. The van der Waals surface area contributed by atoms with Gasteiger partial charge in [0, 0.05) is 22.9 Å². The predicted octanol–water partition coefficient (Wildman–Crippen LogP) is 3.22. The summed E-state index contributed by atoms with van der Waals surface area (Å²) in [6, 6.07) is 7.55. The first-order valence-electron chi connectivity index (χ1n) is 8.86. The van der Waals surface area contributed by atoms with Gasteiger partial charge in [-0.3, -0.25) is 4.90 Å². The number of carbonyl (C=O) groups excluding carboxylic acids is 1. The number of hydrogen-bond acceptors (Lipinski definition) is 7. The summed E-state index contributed by atoms with van der Waals surface area (Å²) in [5.74, 6) is 1.20. The van der Waals surface area contributed by atoms with E-state index in [9.17, 15) is 4.79 Å². The van der Waals surface area contributed by atoms with Crippen molar-refractivity contribution in [1.82, 2.24) is 10.3 Å². The zero-order valence-corrected chi connectivity index (χ0v) is 14.5. The van der Waals surface area contributed by atoms with E-state index in [4.69, 9.17) is 18.5 Å². The molecule has 1 atom stereocenters. The lowest BCUT2D eigenvalue weighted by Crippen LogP contribution is -2.26. The summed E-state index contributed by atoms with van der Waals surface area (Å²) in [6.07, 6.45) is 5.36. The number of hydrogen-bond donors (Lipinski definition) is 0. The molecule has 8 nitrogen and oxygen atoms in total. The van der Waals surface area contributed by atoms with Gasteiger partial charge in [0.05, 0.1) is 12.7 Å². The van der Waals surface area contributed by atoms with Gasteiger partial charge in [-0.05, 0) is 48.2 Å². The van der Waals surface area contributed by atoms with Gasteiger partial charge in [0.25, 0.3) is 5.88 Å². The Kier molecular flexibility index (Phi) is 3.81. The molecule has 138 valence electrons. The molecule has 3 aromatic rings. The second kappa shape index (κ2) is 6.46. The molecule has 1 amide bonds. The number of aromatic nitrogens is 2. The maximum atomic E-state index is 12.3. The molecule has 0 bridgehead atoms. The highest BCUT2D eigenvalue weighted by atomic mass is 16.6. The largest absolute Gasteiger partial charge is 0.471 e. The molecule has 1 aliphatic heterocycles. The van der Waals surface area contributed by atoms with E-state index >= 15 is 0 Å². The molecule has 2 aromatic heterocycles. The van der Waals surface area contributed by atoms with E-state index in [0.717, 1.165) is 47.4 Å². The second-order valence-corrected chi connectivity index (χ2v) is 6.64. The van der Waals surface area contributed by atoms with Crippen LogP contribution in [0.4, 0.5) is 10.5 Å². The van der Waals surface area contributed by atoms with Crippen LogP contribution < -0.4 is 9.64 Å². The van der Waals surface area contributed by atoms with Crippen molar-refractivity contribution in [3.63, 3.8) is 0 Å². The molecule has 1 saturated heterocycles. The van der Waals surface area contributed by atoms with Crippen LogP contribution in [0.2, 0.25) is 0 Å². The van der Waals surface area contributed by atoms with E-state index in [-0.39, 0.29) is 18.8 Å². The number of rotatable bonds is 4. The van der Waals surface area contributed by atoms with E-state index < -0.39 is 0 Å². The van der Waals surface area contributed by atoms with Gasteiger partial charge >= 0.3 is 6.09 Å². The summed E-state index contributed by atoms with van der Waals surface area (Å²) >= 11 is 0. The maximum absolute atomic E-state index is 12.3. The van der Waals surface area contributed by atoms with Crippen molar-refractivity contribution in [2.75, 3.05) is 18.1 Å². The molecule has 0 radical (unpaired) electrons. The van der Waals surface area contributed by atoms with Gasteiger partial charge in [-0.2, -0.15) is 0 Å². The smallest absolute Gasteiger partial charge is 0.414 e. The molecule has 5 rings (SSSR count). The molecular formula is C19H17N3O5. The Morgan fingerprint density at radius 2 is 2.15 bits per heavy atom. The average molecular weight is 367 g/mol. The van der Waals surface area contributed by atoms with E-state index in [1.807, 2.05) is 18.2 Å². The molecule has 1 unspecified atom stereocenters. The third-order valence-electron chi connectivity index (χ3n) is 4.89. The normalized spacial score (nSPS) is 18.6. The number of anilines is 1. The van der Waals surface area contributed by atoms with Crippen molar-refractivity contribution < 1.29 is 23.3 Å². The monoisotopic (exact) mass is 367 g/mol. The van der Waals surface area contributed by atoms with Gasteiger partial charge in [0.15, 0.2) is 11.9 Å². The molecule has 8 heteroatoms. The van der Waals surface area contributed by atoms with Crippen LogP contribution in [0.25, 0.3) is 11.3 Å². The lowest BCUT2D eigenvalue weighted by atomic mass is 10.0. The first-order valence-corrected chi connectivity index (χ1v) is 8.86. The standard InChI is InChI=1S/C19H17N3O5/c23-19-22(10-15(26-19)11-24-17-6-7-25-21-17)14-4-5-16-12(8-14)2-1-3-13-9-20-27-18(13)16/h4-9,15H,1-3,10-11H2. The third kappa shape index (κ3) is 2.92. The molecule has 0 spiro atoms. The minimum Gasteiger partial charge on any atom is -0.471 e. The molecule has 0 saturated carbocycles. The van der Waals surface area contributed by atoms with Crippen molar-refractivity contribution in [3.05, 3.63) is 47.9 Å². The van der Waals surface area contributed by atoms with Crippen molar-refractivity contribution in [2.24, 2.45) is 0 Å². The first-order chi connectivity index (χ1) is 13.3. The minimum atomic E-state index is -0.377. The summed E-state index contributed by atoms with van der Waals surface area (Å²) in [5, 5.41) is 7.60. The van der Waals surface area contributed by atoms with Crippen LogP contribution in [-0.2, 0) is 17.6 Å². The van der Waals surface area contributed by atoms with E-state index in [1.54, 1.807) is 17.2 Å². The number of benzene rings is 1. The minimum absolute atomic E-state index is 0.223. The highest BCUT2D eigenvalue weighted by Crippen LogP contribution is 2.35. The van der Waals surface area contributed by atoms with Gasteiger partial charge < -0.3 is 18.5 Å². The maximum Gasteiger partial charge on any atom is 0.414 e. The summed E-state index contributed by atoms with van der Waals surface area (Å²) in [7, 11) is 0. The fraction of sp³-hybridized carbons (Fsp3) is 0.316. The van der Waals surface area contributed by atoms with Crippen LogP contribution >= 0.6 is 0 Å². The zero-order valence-electron chi connectivity index (χ0n) is 14.5. The lowest BCUT2D eigenvalue weighted by Gasteiger charge is -2.15. The lowest BCUT2D eigenvalue weighted by molar-refractivity contribution is 0.102. The van der Waals surface area contributed by atoms with Gasteiger partial charge in [-0.15, -0.1) is 0 Å². The third-order valence-corrected chi connectivity index (χ3v) is 4.89. The Morgan fingerprint density at radius 3 is 3.04 bits per heavy atom. The highest BCUT2D eigenvalue weighted by molar-refractivity contribution is 5.90. The van der Waals surface area contributed by atoms with Crippen molar-refractivity contribution in [2.45, 2.75) is 25.4 Å². The fourth-order valence-electron chi connectivity index (χ4n) is 3.58. The van der Waals surface area contributed by atoms with Crippen molar-refractivity contribution in [3.8, 4) is 17.2 Å². The topological polar surface area (TPSA) is 90.8 Å². The van der Waals surface area contributed by atoms with Crippen LogP contribution in [0, 0.1) is 0 Å². The highest BCUT2D eigenvalue weighted by Gasteiger charge is 2.33. The Labute approximate surface area is 154 Å². The van der Waals surface area contributed by atoms with Gasteiger partial charge in [-0.25, -0.2) is 4.79 Å². The van der Waals surface area contributed by atoms with Crippen LogP contribution in [0.1, 0.15) is 17.5 Å². The van der Waals surface area contributed by atoms with Crippen LogP contribution in [0.5, 0.6) is 5.88 Å². The van der Waals surface area contributed by atoms with Crippen molar-refractivity contribution >= 4 is 11.8 Å². The number of aryl methyl sites for hydroxylation is 2. The predicted molar refractivity (Wildman–Crippen MR) is 93.6 cm³/mol. The number of carbonyl (C=O) groups is 1. The van der Waals surface area contributed by atoms with Gasteiger partial charge in [0.1, 0.15) is 12.9 Å². The molecule has 1 aliphatic carbocycles. The van der Waals surface area contributed by atoms with E-state index in [1.165, 1.54) is 6.26 Å². The fourth-order valence-corrected chi connectivity index (χ4v) is 3.58.